The van der Waals surface area contributed by atoms with E-state index in [4.69, 9.17) is 14.0 Å². The first-order valence-corrected chi connectivity index (χ1v) is 9.61. The lowest BCUT2D eigenvalue weighted by molar-refractivity contribution is 0.413. The molecule has 2 aromatic carbocycles. The fourth-order valence-electron chi connectivity index (χ4n) is 2.91. The number of benzene rings is 2. The molecule has 0 atom stereocenters. The minimum atomic E-state index is -3.88. The van der Waals surface area contributed by atoms with Crippen LogP contribution in [0.1, 0.15) is 11.1 Å². The highest BCUT2D eigenvalue weighted by Crippen LogP contribution is 2.32. The van der Waals surface area contributed by atoms with Gasteiger partial charge in [0, 0.05) is 0 Å². The molecule has 0 amide bonds. The first-order chi connectivity index (χ1) is 12.9. The van der Waals surface area contributed by atoms with Crippen molar-refractivity contribution >= 4 is 15.9 Å². The van der Waals surface area contributed by atoms with Gasteiger partial charge in [0.05, 0.1) is 30.9 Å². The van der Waals surface area contributed by atoms with Crippen molar-refractivity contribution in [3.63, 3.8) is 0 Å². The second kappa shape index (κ2) is 7.32. The lowest BCUT2D eigenvalue weighted by atomic mass is 10.1. The number of methoxy groups -OCH3 is 2. The van der Waals surface area contributed by atoms with Crippen molar-refractivity contribution in [2.24, 2.45) is 0 Å². The molecule has 1 N–H and O–H groups in total. The Morgan fingerprint density at radius 3 is 2.11 bits per heavy atom. The van der Waals surface area contributed by atoms with Gasteiger partial charge in [0.2, 0.25) is 5.88 Å². The molecular formula is C19H20N2O5S. The minimum Gasteiger partial charge on any atom is -0.497 e. The molecule has 1 aromatic heterocycles. The van der Waals surface area contributed by atoms with Gasteiger partial charge in [-0.3, -0.25) is 0 Å². The molecule has 8 heteroatoms. The zero-order valence-electron chi connectivity index (χ0n) is 15.4. The Bertz CT molecular complexity index is 1030. The number of hydrogen-bond acceptors (Lipinski definition) is 6. The molecule has 1 heterocycles. The van der Waals surface area contributed by atoms with Crippen molar-refractivity contribution in [2.45, 2.75) is 18.7 Å². The fourth-order valence-corrected chi connectivity index (χ4v) is 4.37. The standard InChI is InChI=1S/C19H20N2O5S/c1-12-9-16(25-4)10-13(2)18(12)27(22,23)21-19-17(11-20-26-19)14-5-7-15(24-3)8-6-14/h5-11,21H,1-4H3. The number of hydrogen-bond donors (Lipinski definition) is 1. The highest BCUT2D eigenvalue weighted by Gasteiger charge is 2.24. The van der Waals surface area contributed by atoms with E-state index in [1.807, 2.05) is 0 Å². The van der Waals surface area contributed by atoms with E-state index in [-0.39, 0.29) is 10.8 Å². The smallest absolute Gasteiger partial charge is 0.264 e. The molecule has 0 fully saturated rings. The Kier molecular flexibility index (Phi) is 5.09. The summed E-state index contributed by atoms with van der Waals surface area (Å²) in [6.07, 6.45) is 1.47. The van der Waals surface area contributed by atoms with Crippen LogP contribution in [0.5, 0.6) is 11.5 Å². The first kappa shape index (κ1) is 18.8. The second-order valence-corrected chi connectivity index (χ2v) is 7.61. The number of aryl methyl sites for hydroxylation is 2. The van der Waals surface area contributed by atoms with E-state index >= 15 is 0 Å². The normalized spacial score (nSPS) is 11.3. The van der Waals surface area contributed by atoms with Crippen LogP contribution in [0, 0.1) is 13.8 Å². The Morgan fingerprint density at radius 2 is 1.56 bits per heavy atom. The van der Waals surface area contributed by atoms with Crippen molar-refractivity contribution in [3.8, 4) is 22.6 Å². The third kappa shape index (κ3) is 3.75. The minimum absolute atomic E-state index is 0.0507. The average Bonchev–Trinajstić information content (AvgIpc) is 3.08. The zero-order chi connectivity index (χ0) is 19.6. The number of aromatic nitrogens is 1. The summed E-state index contributed by atoms with van der Waals surface area (Å²) in [6, 6.07) is 10.5. The summed E-state index contributed by atoms with van der Waals surface area (Å²) < 4.78 is 43.9. The van der Waals surface area contributed by atoms with Gasteiger partial charge in [0.25, 0.3) is 10.0 Å². The molecule has 0 saturated carbocycles. The van der Waals surface area contributed by atoms with Gasteiger partial charge >= 0.3 is 0 Å². The maximum Gasteiger partial charge on any atom is 0.264 e. The maximum absolute atomic E-state index is 13.0. The average molecular weight is 388 g/mol. The van der Waals surface area contributed by atoms with E-state index < -0.39 is 10.0 Å². The van der Waals surface area contributed by atoms with Gasteiger partial charge in [-0.25, -0.2) is 13.1 Å². The summed E-state index contributed by atoms with van der Waals surface area (Å²) in [5, 5.41) is 3.74. The molecule has 0 unspecified atom stereocenters. The monoisotopic (exact) mass is 388 g/mol. The molecule has 0 spiro atoms. The quantitative estimate of drug-likeness (QED) is 0.691. The molecule has 27 heavy (non-hydrogen) atoms. The van der Waals surface area contributed by atoms with E-state index in [0.29, 0.717) is 28.2 Å². The zero-order valence-corrected chi connectivity index (χ0v) is 16.3. The number of anilines is 1. The summed E-state index contributed by atoms with van der Waals surface area (Å²) in [5.41, 5.74) is 2.43. The molecule has 7 nitrogen and oxygen atoms in total. The molecule has 0 radical (unpaired) electrons. The highest BCUT2D eigenvalue weighted by atomic mass is 32.2. The van der Waals surface area contributed by atoms with Gasteiger partial charge in [-0.15, -0.1) is 0 Å². The summed E-state index contributed by atoms with van der Waals surface area (Å²) in [6.45, 7) is 3.43. The van der Waals surface area contributed by atoms with Crippen LogP contribution in [0.15, 0.2) is 52.0 Å². The summed E-state index contributed by atoms with van der Waals surface area (Å²) in [5.74, 6) is 1.35. The van der Waals surface area contributed by atoms with E-state index in [9.17, 15) is 8.42 Å². The van der Waals surface area contributed by atoms with Crippen molar-refractivity contribution in [1.29, 1.82) is 0 Å². The number of ether oxygens (including phenoxy) is 2. The van der Waals surface area contributed by atoms with Crippen LogP contribution in [0.4, 0.5) is 5.88 Å². The predicted molar refractivity (Wildman–Crippen MR) is 102 cm³/mol. The van der Waals surface area contributed by atoms with Gasteiger partial charge < -0.3 is 14.0 Å². The fraction of sp³-hybridized carbons (Fsp3) is 0.211. The van der Waals surface area contributed by atoms with Crippen LogP contribution in [0.2, 0.25) is 0 Å². The number of nitrogens with one attached hydrogen (secondary N) is 1. The van der Waals surface area contributed by atoms with Crippen molar-refractivity contribution in [3.05, 3.63) is 53.7 Å². The molecule has 0 aliphatic heterocycles. The van der Waals surface area contributed by atoms with Crippen LogP contribution >= 0.6 is 0 Å². The third-order valence-corrected chi connectivity index (χ3v) is 5.77. The summed E-state index contributed by atoms with van der Waals surface area (Å²) in [4.78, 5) is 0.181. The number of nitrogens with zero attached hydrogens (tertiary/aromatic N) is 1. The Morgan fingerprint density at radius 1 is 0.963 bits per heavy atom. The van der Waals surface area contributed by atoms with Crippen molar-refractivity contribution in [1.82, 2.24) is 5.16 Å². The number of sulfonamides is 1. The maximum atomic E-state index is 13.0. The van der Waals surface area contributed by atoms with Gasteiger partial charge in [-0.05, 0) is 54.8 Å². The van der Waals surface area contributed by atoms with Crippen molar-refractivity contribution in [2.75, 3.05) is 18.9 Å². The molecule has 0 aliphatic rings. The lowest BCUT2D eigenvalue weighted by Gasteiger charge is -2.13. The number of rotatable bonds is 6. The lowest BCUT2D eigenvalue weighted by Crippen LogP contribution is -2.16. The molecular weight excluding hydrogens is 368 g/mol. The van der Waals surface area contributed by atoms with Crippen molar-refractivity contribution < 1.29 is 22.4 Å². The third-order valence-electron chi connectivity index (χ3n) is 4.14. The van der Waals surface area contributed by atoms with Crippen LogP contribution < -0.4 is 14.2 Å². The van der Waals surface area contributed by atoms with E-state index in [1.165, 1.54) is 13.3 Å². The van der Waals surface area contributed by atoms with Crippen LogP contribution in [0.3, 0.4) is 0 Å². The van der Waals surface area contributed by atoms with Gasteiger partial charge in [0.1, 0.15) is 11.5 Å². The molecule has 0 saturated heterocycles. The Hall–Kier alpha value is -3.00. The molecule has 0 aliphatic carbocycles. The topological polar surface area (TPSA) is 90.7 Å². The molecule has 3 rings (SSSR count). The predicted octanol–water partition coefficient (Wildman–Crippen LogP) is 3.78. The Balaban J connectivity index is 1.97. The Labute approximate surface area is 158 Å². The van der Waals surface area contributed by atoms with Crippen LogP contribution in [0.25, 0.3) is 11.1 Å². The second-order valence-electron chi connectivity index (χ2n) is 5.99. The molecule has 3 aromatic rings. The first-order valence-electron chi connectivity index (χ1n) is 8.13. The molecule has 0 bridgehead atoms. The van der Waals surface area contributed by atoms with E-state index in [1.54, 1.807) is 57.4 Å². The highest BCUT2D eigenvalue weighted by molar-refractivity contribution is 7.92. The summed E-state index contributed by atoms with van der Waals surface area (Å²) >= 11 is 0. The van der Waals surface area contributed by atoms with E-state index in [2.05, 4.69) is 9.88 Å². The van der Waals surface area contributed by atoms with Gasteiger partial charge in [-0.2, -0.15) is 0 Å². The molecule has 142 valence electrons. The van der Waals surface area contributed by atoms with E-state index in [0.717, 1.165) is 5.56 Å². The SMILES string of the molecule is COc1ccc(-c2cnoc2NS(=O)(=O)c2c(C)cc(OC)cc2C)cc1. The van der Waals surface area contributed by atoms with Crippen LogP contribution in [-0.2, 0) is 10.0 Å². The van der Waals surface area contributed by atoms with Crippen LogP contribution in [-0.4, -0.2) is 27.8 Å². The summed E-state index contributed by atoms with van der Waals surface area (Å²) in [7, 11) is -0.762. The van der Waals surface area contributed by atoms with Gasteiger partial charge in [-0.1, -0.05) is 17.3 Å². The van der Waals surface area contributed by atoms with Gasteiger partial charge in [0.15, 0.2) is 0 Å². The largest absolute Gasteiger partial charge is 0.497 e.